The Hall–Kier alpha value is -1.46. The van der Waals surface area contributed by atoms with Gasteiger partial charge in [0.25, 0.3) is 5.91 Å². The summed E-state index contributed by atoms with van der Waals surface area (Å²) in [5, 5.41) is 0. The molecule has 3 atom stereocenters. The zero-order valence-corrected chi connectivity index (χ0v) is 14.3. The molecule has 1 saturated heterocycles. The lowest BCUT2D eigenvalue weighted by atomic mass is 9.62. The predicted molar refractivity (Wildman–Crippen MR) is 89.0 cm³/mol. The van der Waals surface area contributed by atoms with Crippen molar-refractivity contribution < 1.29 is 9.53 Å². The summed E-state index contributed by atoms with van der Waals surface area (Å²) in [7, 11) is 1.81. The molecule has 3 rings (SSSR count). The lowest BCUT2D eigenvalue weighted by Gasteiger charge is -2.56. The summed E-state index contributed by atoms with van der Waals surface area (Å²) in [6.45, 7) is 6.59. The summed E-state index contributed by atoms with van der Waals surface area (Å²) in [5.74, 6) is 0.388. The van der Waals surface area contributed by atoms with Crippen molar-refractivity contribution in [2.75, 3.05) is 20.2 Å². The smallest absolute Gasteiger partial charge is 0.267 e. The van der Waals surface area contributed by atoms with Gasteiger partial charge in [-0.15, -0.1) is 0 Å². The molecular weight excluding hydrogens is 290 g/mol. The molecule has 2 aliphatic rings. The number of rotatable bonds is 4. The number of carbonyl (C=O) groups is 1. The highest BCUT2D eigenvalue weighted by atomic mass is 16.5. The molecule has 1 saturated carbocycles. The third-order valence-electron chi connectivity index (χ3n) is 5.76. The molecule has 2 N–H and O–H groups in total. The van der Waals surface area contributed by atoms with Gasteiger partial charge in [0.2, 0.25) is 0 Å². The lowest BCUT2D eigenvalue weighted by Crippen LogP contribution is -2.60. The molecule has 0 radical (unpaired) electrons. The largest absolute Gasteiger partial charge is 0.373 e. The molecule has 1 amide bonds. The molecule has 0 aromatic carbocycles. The Labute approximate surface area is 138 Å². The number of likely N-dealkylation sites (tertiary alicyclic amines) is 1. The van der Waals surface area contributed by atoms with E-state index in [9.17, 15) is 4.79 Å². The van der Waals surface area contributed by atoms with E-state index in [-0.39, 0.29) is 5.60 Å². The maximum Gasteiger partial charge on any atom is 0.267 e. The molecule has 5 nitrogen and oxygen atoms in total. The Bertz CT molecular complexity index is 573. The molecule has 0 spiro atoms. The number of ether oxygens (including phenoxy) is 1. The second-order valence-electron chi connectivity index (χ2n) is 7.16. The first-order valence-corrected chi connectivity index (χ1v) is 8.54. The molecule has 1 aromatic rings. The lowest BCUT2D eigenvalue weighted by molar-refractivity contribution is -0.172. The Morgan fingerprint density at radius 2 is 2.04 bits per heavy atom. The van der Waals surface area contributed by atoms with E-state index in [1.54, 1.807) is 13.3 Å². The van der Waals surface area contributed by atoms with Crippen LogP contribution in [0, 0.1) is 11.8 Å². The third-order valence-corrected chi connectivity index (χ3v) is 5.76. The van der Waals surface area contributed by atoms with Crippen LogP contribution in [0.25, 0.3) is 0 Å². The van der Waals surface area contributed by atoms with E-state index in [1.807, 2.05) is 12.1 Å². The fraction of sp³-hybridized carbons (Fsp3) is 0.667. The van der Waals surface area contributed by atoms with Crippen molar-refractivity contribution in [2.45, 2.75) is 44.8 Å². The van der Waals surface area contributed by atoms with Crippen molar-refractivity contribution in [3.05, 3.63) is 29.6 Å². The molecule has 1 aliphatic carbocycles. The number of aromatic nitrogens is 1. The van der Waals surface area contributed by atoms with Gasteiger partial charge in [0.15, 0.2) is 0 Å². The molecule has 1 aromatic heterocycles. The highest BCUT2D eigenvalue weighted by Gasteiger charge is 2.53. The Balaban J connectivity index is 2.03. The van der Waals surface area contributed by atoms with Crippen LogP contribution >= 0.6 is 0 Å². The normalized spacial score (nSPS) is 31.3. The van der Waals surface area contributed by atoms with Crippen LogP contribution in [-0.2, 0) is 10.3 Å². The van der Waals surface area contributed by atoms with E-state index in [1.165, 1.54) is 6.42 Å². The first-order valence-electron chi connectivity index (χ1n) is 8.54. The van der Waals surface area contributed by atoms with Gasteiger partial charge in [-0.05, 0) is 44.4 Å². The Morgan fingerprint density at radius 3 is 2.57 bits per heavy atom. The van der Waals surface area contributed by atoms with E-state index >= 15 is 0 Å². The van der Waals surface area contributed by atoms with Gasteiger partial charge in [-0.25, -0.2) is 0 Å². The Kier molecular flexibility index (Phi) is 4.43. The summed E-state index contributed by atoms with van der Waals surface area (Å²) in [5.41, 5.74) is 6.48. The maximum absolute atomic E-state index is 11.5. The van der Waals surface area contributed by atoms with E-state index < -0.39 is 5.91 Å². The van der Waals surface area contributed by atoms with E-state index in [0.717, 1.165) is 31.5 Å². The van der Waals surface area contributed by atoms with Crippen molar-refractivity contribution in [3.63, 3.8) is 0 Å². The van der Waals surface area contributed by atoms with Crippen molar-refractivity contribution in [1.29, 1.82) is 0 Å². The molecule has 0 unspecified atom stereocenters. The molecule has 2 heterocycles. The molecular formula is C18H27N3O2. The summed E-state index contributed by atoms with van der Waals surface area (Å²) < 4.78 is 6.19. The molecule has 2 bridgehead atoms. The first kappa shape index (κ1) is 16.4. The summed E-state index contributed by atoms with van der Waals surface area (Å²) in [4.78, 5) is 18.2. The SMILES string of the molecule is CO[C@@]1(c2ccnc(C(N)=O)c2)[C@@H]2CCC[C@H]1CN(C(C)C)C2. The van der Waals surface area contributed by atoms with Crippen molar-refractivity contribution in [3.8, 4) is 0 Å². The van der Waals surface area contributed by atoms with Crippen LogP contribution in [0.5, 0.6) is 0 Å². The minimum Gasteiger partial charge on any atom is -0.373 e. The van der Waals surface area contributed by atoms with Gasteiger partial charge >= 0.3 is 0 Å². The quantitative estimate of drug-likeness (QED) is 0.924. The van der Waals surface area contributed by atoms with Crippen LogP contribution in [0.1, 0.15) is 49.2 Å². The van der Waals surface area contributed by atoms with Crippen molar-refractivity contribution >= 4 is 5.91 Å². The number of amides is 1. The topological polar surface area (TPSA) is 68.5 Å². The second kappa shape index (κ2) is 6.21. The number of fused-ring (bicyclic) bond motifs is 2. The summed E-state index contributed by atoms with van der Waals surface area (Å²) in [6, 6.07) is 4.38. The molecule has 1 aliphatic heterocycles. The van der Waals surface area contributed by atoms with Crippen molar-refractivity contribution in [1.82, 2.24) is 9.88 Å². The monoisotopic (exact) mass is 317 g/mol. The van der Waals surface area contributed by atoms with Gasteiger partial charge in [-0.1, -0.05) is 6.42 Å². The summed E-state index contributed by atoms with van der Waals surface area (Å²) in [6.07, 6.45) is 5.24. The average Bonchev–Trinajstić information content (AvgIpc) is 2.53. The first-order chi connectivity index (χ1) is 11.0. The zero-order valence-electron chi connectivity index (χ0n) is 14.3. The maximum atomic E-state index is 11.5. The number of hydrogen-bond acceptors (Lipinski definition) is 4. The number of pyridine rings is 1. The highest BCUT2D eigenvalue weighted by molar-refractivity contribution is 5.90. The van der Waals surface area contributed by atoms with E-state index in [4.69, 9.17) is 10.5 Å². The number of methoxy groups -OCH3 is 1. The van der Waals surface area contributed by atoms with Gasteiger partial charge in [0, 0.05) is 44.3 Å². The van der Waals surface area contributed by atoms with Gasteiger partial charge in [0.1, 0.15) is 11.3 Å². The number of carbonyl (C=O) groups excluding carboxylic acids is 1. The van der Waals surface area contributed by atoms with Gasteiger partial charge < -0.3 is 15.4 Å². The highest BCUT2D eigenvalue weighted by Crippen LogP contribution is 2.51. The van der Waals surface area contributed by atoms with Gasteiger partial charge in [-0.3, -0.25) is 9.78 Å². The predicted octanol–water partition coefficient (Wildman–Crippen LogP) is 2.16. The summed E-state index contributed by atoms with van der Waals surface area (Å²) >= 11 is 0. The van der Waals surface area contributed by atoms with Gasteiger partial charge in [0.05, 0.1) is 0 Å². The molecule has 126 valence electrons. The zero-order chi connectivity index (χ0) is 16.6. The van der Waals surface area contributed by atoms with Crippen molar-refractivity contribution in [2.24, 2.45) is 17.6 Å². The van der Waals surface area contributed by atoms with Crippen LogP contribution in [0.4, 0.5) is 0 Å². The fourth-order valence-corrected chi connectivity index (χ4v) is 4.62. The van der Waals surface area contributed by atoms with E-state index in [0.29, 0.717) is 23.6 Å². The number of primary amides is 1. The molecule has 5 heteroatoms. The van der Waals surface area contributed by atoms with Crippen LogP contribution in [-0.4, -0.2) is 42.0 Å². The second-order valence-corrected chi connectivity index (χ2v) is 7.16. The van der Waals surface area contributed by atoms with Gasteiger partial charge in [-0.2, -0.15) is 0 Å². The third kappa shape index (κ3) is 2.66. The average molecular weight is 317 g/mol. The van der Waals surface area contributed by atoms with Crippen LogP contribution in [0.3, 0.4) is 0 Å². The standard InChI is InChI=1S/C18H27N3O2/c1-12(2)21-10-14-5-4-6-15(11-21)18(14,23-3)13-7-8-20-16(9-13)17(19)22/h7-9,12,14-15H,4-6,10-11H2,1-3H3,(H2,19,22)/t14-,15+,18+. The van der Waals surface area contributed by atoms with Crippen LogP contribution in [0.2, 0.25) is 0 Å². The number of nitrogens with zero attached hydrogens (tertiary/aromatic N) is 2. The van der Waals surface area contributed by atoms with Crippen LogP contribution < -0.4 is 5.73 Å². The molecule has 23 heavy (non-hydrogen) atoms. The minimum atomic E-state index is -0.483. The van der Waals surface area contributed by atoms with E-state index in [2.05, 4.69) is 23.7 Å². The molecule has 2 fully saturated rings. The number of piperidine rings is 1. The fourth-order valence-electron chi connectivity index (χ4n) is 4.62. The Morgan fingerprint density at radius 1 is 1.39 bits per heavy atom. The number of nitrogens with two attached hydrogens (primary N) is 1. The minimum absolute atomic E-state index is 0.322. The number of hydrogen-bond donors (Lipinski definition) is 1. The van der Waals surface area contributed by atoms with Crippen LogP contribution in [0.15, 0.2) is 18.3 Å².